The minimum atomic E-state index is -3.80. The van der Waals surface area contributed by atoms with E-state index in [0.29, 0.717) is 23.2 Å². The normalized spacial score (nSPS) is 17.1. The highest BCUT2D eigenvalue weighted by Crippen LogP contribution is 2.31. The highest BCUT2D eigenvalue weighted by molar-refractivity contribution is 8.15. The van der Waals surface area contributed by atoms with E-state index in [2.05, 4.69) is 10.3 Å². The summed E-state index contributed by atoms with van der Waals surface area (Å²) in [7, 11) is 1.50. The number of nitrogens with one attached hydrogen (secondary N) is 1. The van der Waals surface area contributed by atoms with Crippen molar-refractivity contribution >= 4 is 42.1 Å². The van der Waals surface area contributed by atoms with Crippen LogP contribution in [0.25, 0.3) is 0 Å². The summed E-state index contributed by atoms with van der Waals surface area (Å²) >= 11 is 0.894. The smallest absolute Gasteiger partial charge is 0.272 e. The van der Waals surface area contributed by atoms with Crippen LogP contribution >= 0.6 is 22.0 Å². The van der Waals surface area contributed by atoms with Crippen LogP contribution in [-0.4, -0.2) is 19.3 Å². The Hall–Kier alpha value is -0.660. The van der Waals surface area contributed by atoms with Crippen LogP contribution in [0.5, 0.6) is 0 Å². The van der Waals surface area contributed by atoms with Crippen molar-refractivity contribution in [3.63, 3.8) is 0 Å². The van der Waals surface area contributed by atoms with E-state index in [0.717, 1.165) is 24.2 Å². The Balaban J connectivity index is 1.97. The molecule has 0 unspecified atom stereocenters. The van der Waals surface area contributed by atoms with Gasteiger partial charge in [-0.3, -0.25) is 4.79 Å². The number of nitrogens with zero attached hydrogens (tertiary/aromatic N) is 1. The largest absolute Gasteiger partial charge is 0.302 e. The molecule has 1 heterocycles. The zero-order chi connectivity index (χ0) is 14.8. The Bertz CT molecular complexity index is 592. The monoisotopic (exact) mass is 336 g/mol. The minimum absolute atomic E-state index is 0.00728. The predicted molar refractivity (Wildman–Crippen MR) is 79.7 cm³/mol. The first-order valence-corrected chi connectivity index (χ1v) is 9.71. The first-order chi connectivity index (χ1) is 9.36. The molecule has 1 amide bonds. The number of anilines is 1. The molecule has 0 spiro atoms. The summed E-state index contributed by atoms with van der Waals surface area (Å²) < 4.78 is 22.6. The van der Waals surface area contributed by atoms with Crippen LogP contribution < -0.4 is 5.32 Å². The highest BCUT2D eigenvalue weighted by atomic mass is 35.7. The third kappa shape index (κ3) is 4.17. The first-order valence-electron chi connectivity index (χ1n) is 6.58. The molecular formula is C12H17ClN2O3S2. The topological polar surface area (TPSA) is 76.1 Å². The van der Waals surface area contributed by atoms with Crippen LogP contribution in [0.4, 0.5) is 5.13 Å². The zero-order valence-corrected chi connectivity index (χ0v) is 13.6. The summed E-state index contributed by atoms with van der Waals surface area (Å²) in [6.45, 7) is 1.56. The predicted octanol–water partition coefficient (Wildman–Crippen LogP) is 3.29. The van der Waals surface area contributed by atoms with Crippen molar-refractivity contribution in [1.82, 2.24) is 4.98 Å². The van der Waals surface area contributed by atoms with Gasteiger partial charge in [0.2, 0.25) is 5.91 Å². The molecular weight excluding hydrogens is 320 g/mol. The van der Waals surface area contributed by atoms with E-state index in [1.54, 1.807) is 6.92 Å². The molecule has 1 N–H and O–H groups in total. The van der Waals surface area contributed by atoms with Crippen LogP contribution in [0.1, 0.15) is 44.2 Å². The van der Waals surface area contributed by atoms with Gasteiger partial charge >= 0.3 is 0 Å². The number of halogens is 1. The second kappa shape index (κ2) is 6.41. The molecule has 2 rings (SSSR count). The summed E-state index contributed by atoms with van der Waals surface area (Å²) in [5.41, 5.74) is 0.318. The number of rotatable bonds is 4. The van der Waals surface area contributed by atoms with Crippen molar-refractivity contribution < 1.29 is 13.2 Å². The van der Waals surface area contributed by atoms with Gasteiger partial charge in [0.05, 0.1) is 5.69 Å². The molecule has 0 saturated heterocycles. The lowest BCUT2D eigenvalue weighted by Gasteiger charge is -2.20. The molecule has 0 radical (unpaired) electrons. The van der Waals surface area contributed by atoms with Gasteiger partial charge in [-0.1, -0.05) is 30.6 Å². The Morgan fingerprint density at radius 3 is 2.60 bits per heavy atom. The van der Waals surface area contributed by atoms with Crippen molar-refractivity contribution in [2.75, 3.05) is 5.32 Å². The van der Waals surface area contributed by atoms with Crippen LogP contribution in [-0.2, 0) is 13.8 Å². The van der Waals surface area contributed by atoms with Gasteiger partial charge in [0.15, 0.2) is 9.34 Å². The number of carbonyl (C=O) groups excluding carboxylic acids is 1. The number of thiazole rings is 1. The summed E-state index contributed by atoms with van der Waals surface area (Å²) in [5.74, 6) is 0.324. The van der Waals surface area contributed by atoms with Crippen LogP contribution in [0.3, 0.4) is 0 Å². The molecule has 20 heavy (non-hydrogen) atoms. The van der Waals surface area contributed by atoms with Gasteiger partial charge in [0.1, 0.15) is 0 Å². The Morgan fingerprint density at radius 2 is 2.05 bits per heavy atom. The maximum atomic E-state index is 11.9. The van der Waals surface area contributed by atoms with Gasteiger partial charge in [0.25, 0.3) is 9.05 Å². The number of aryl methyl sites for hydroxylation is 1. The lowest BCUT2D eigenvalue weighted by Crippen LogP contribution is -2.18. The van der Waals surface area contributed by atoms with E-state index < -0.39 is 9.05 Å². The fourth-order valence-electron chi connectivity index (χ4n) is 2.49. The first kappa shape index (κ1) is 15.7. The number of hydrogen-bond acceptors (Lipinski definition) is 5. The molecule has 0 aromatic carbocycles. The maximum Gasteiger partial charge on any atom is 0.272 e. The molecule has 1 aliphatic rings. The molecule has 8 heteroatoms. The van der Waals surface area contributed by atoms with E-state index in [4.69, 9.17) is 10.7 Å². The SMILES string of the molecule is Cc1nc(NC(=O)CC2CCCCC2)sc1S(=O)(=O)Cl. The van der Waals surface area contributed by atoms with E-state index in [1.807, 2.05) is 0 Å². The lowest BCUT2D eigenvalue weighted by molar-refractivity contribution is -0.117. The Morgan fingerprint density at radius 1 is 1.40 bits per heavy atom. The average molecular weight is 337 g/mol. The van der Waals surface area contributed by atoms with E-state index >= 15 is 0 Å². The zero-order valence-electron chi connectivity index (χ0n) is 11.2. The van der Waals surface area contributed by atoms with Gasteiger partial charge in [-0.15, -0.1) is 0 Å². The lowest BCUT2D eigenvalue weighted by atomic mass is 9.87. The molecule has 112 valence electrons. The number of aromatic nitrogens is 1. The Kier molecular flexibility index (Phi) is 5.04. The van der Waals surface area contributed by atoms with E-state index in [9.17, 15) is 13.2 Å². The third-order valence-electron chi connectivity index (χ3n) is 3.42. The summed E-state index contributed by atoms with van der Waals surface area (Å²) in [6.07, 6.45) is 6.27. The standard InChI is InChI=1S/C12H17ClN2O3S2/c1-8-11(20(13,17)18)19-12(14-8)15-10(16)7-9-5-3-2-4-6-9/h9H,2-7H2,1H3,(H,14,15,16). The minimum Gasteiger partial charge on any atom is -0.302 e. The fourth-order valence-corrected chi connectivity index (χ4v) is 4.85. The van der Waals surface area contributed by atoms with Gasteiger partial charge < -0.3 is 5.32 Å². The van der Waals surface area contributed by atoms with Crippen molar-refractivity contribution in [2.45, 2.75) is 49.7 Å². The average Bonchev–Trinajstić information content (AvgIpc) is 2.71. The van der Waals surface area contributed by atoms with Gasteiger partial charge in [0, 0.05) is 17.1 Å². The van der Waals surface area contributed by atoms with Crippen molar-refractivity contribution in [2.24, 2.45) is 5.92 Å². The Labute approximate surface area is 127 Å². The number of carbonyl (C=O) groups is 1. The molecule has 1 saturated carbocycles. The molecule has 0 aliphatic heterocycles. The van der Waals surface area contributed by atoms with Crippen molar-refractivity contribution in [3.05, 3.63) is 5.69 Å². The summed E-state index contributed by atoms with van der Waals surface area (Å²) in [4.78, 5) is 16.0. The fraction of sp³-hybridized carbons (Fsp3) is 0.667. The number of amides is 1. The molecule has 5 nitrogen and oxygen atoms in total. The maximum absolute atomic E-state index is 11.9. The number of hydrogen-bond donors (Lipinski definition) is 1. The second-order valence-electron chi connectivity index (χ2n) is 5.09. The van der Waals surface area contributed by atoms with Crippen LogP contribution in [0, 0.1) is 12.8 Å². The van der Waals surface area contributed by atoms with Gasteiger partial charge in [-0.05, 0) is 25.7 Å². The molecule has 1 aliphatic carbocycles. The summed E-state index contributed by atoms with van der Waals surface area (Å²) in [5, 5.41) is 2.96. The second-order valence-corrected chi connectivity index (χ2v) is 8.85. The highest BCUT2D eigenvalue weighted by Gasteiger charge is 2.21. The van der Waals surface area contributed by atoms with Gasteiger partial charge in [-0.2, -0.15) is 0 Å². The third-order valence-corrected chi connectivity index (χ3v) is 6.67. The van der Waals surface area contributed by atoms with Crippen molar-refractivity contribution in [1.29, 1.82) is 0 Å². The van der Waals surface area contributed by atoms with Crippen LogP contribution in [0.15, 0.2) is 4.21 Å². The van der Waals surface area contributed by atoms with Crippen LogP contribution in [0.2, 0.25) is 0 Å². The van der Waals surface area contributed by atoms with E-state index in [-0.39, 0.29) is 10.1 Å². The molecule has 1 fully saturated rings. The molecule has 0 bridgehead atoms. The quantitative estimate of drug-likeness (QED) is 0.856. The van der Waals surface area contributed by atoms with Crippen molar-refractivity contribution in [3.8, 4) is 0 Å². The molecule has 0 atom stereocenters. The molecule has 1 aromatic heterocycles. The molecule has 1 aromatic rings. The van der Waals surface area contributed by atoms with Gasteiger partial charge in [-0.25, -0.2) is 13.4 Å². The summed E-state index contributed by atoms with van der Waals surface area (Å²) in [6, 6.07) is 0. The van der Waals surface area contributed by atoms with E-state index in [1.165, 1.54) is 19.3 Å².